The number of hydrogen-bond donors (Lipinski definition) is 2. The lowest BCUT2D eigenvalue weighted by atomic mass is 9.94. The van der Waals surface area contributed by atoms with Crippen molar-refractivity contribution in [2.75, 3.05) is 7.05 Å². The Morgan fingerprint density at radius 3 is 2.83 bits per heavy atom. The number of rotatable bonds is 2. The minimum Gasteiger partial charge on any atom is -0.408 e. The fraction of sp³-hybridized carbons (Fsp3) is 0.333. The number of hydrogen-bond acceptors (Lipinski definition) is 4. The standard InChI is InChI=1S/C12H13N3O3/c1-15(13)10(16)12(4-5-12)7-2-3-8-9(6-7)18-11(17)14-8/h2-3,6H,4-5,13H2,1H3,(H,14,17). The van der Waals surface area contributed by atoms with E-state index in [1.165, 1.54) is 7.05 Å². The van der Waals surface area contributed by atoms with E-state index in [0.29, 0.717) is 11.1 Å². The molecule has 0 spiro atoms. The van der Waals surface area contributed by atoms with Crippen LogP contribution in [0.5, 0.6) is 0 Å². The minimum atomic E-state index is -0.534. The van der Waals surface area contributed by atoms with Gasteiger partial charge in [-0.25, -0.2) is 10.6 Å². The molecule has 3 rings (SSSR count). The highest BCUT2D eigenvalue weighted by molar-refractivity contribution is 5.91. The maximum Gasteiger partial charge on any atom is 0.417 e. The molecular formula is C12H13N3O3. The largest absolute Gasteiger partial charge is 0.417 e. The summed E-state index contributed by atoms with van der Waals surface area (Å²) in [5, 5.41) is 1.12. The monoisotopic (exact) mass is 247 g/mol. The topological polar surface area (TPSA) is 92.3 Å². The van der Waals surface area contributed by atoms with Gasteiger partial charge >= 0.3 is 5.76 Å². The Hall–Kier alpha value is -2.08. The zero-order valence-electron chi connectivity index (χ0n) is 9.90. The van der Waals surface area contributed by atoms with E-state index in [9.17, 15) is 9.59 Å². The van der Waals surface area contributed by atoms with Gasteiger partial charge in [-0.3, -0.25) is 14.8 Å². The van der Waals surface area contributed by atoms with Crippen LogP contribution in [-0.2, 0) is 10.2 Å². The van der Waals surface area contributed by atoms with Crippen LogP contribution < -0.4 is 11.6 Å². The average molecular weight is 247 g/mol. The van der Waals surface area contributed by atoms with E-state index in [1.54, 1.807) is 12.1 Å². The van der Waals surface area contributed by atoms with Gasteiger partial charge in [-0.1, -0.05) is 6.07 Å². The summed E-state index contributed by atoms with van der Waals surface area (Å²) in [6.45, 7) is 0. The summed E-state index contributed by atoms with van der Waals surface area (Å²) in [7, 11) is 1.54. The molecule has 0 saturated heterocycles. The van der Waals surface area contributed by atoms with Crippen LogP contribution in [0.2, 0.25) is 0 Å². The van der Waals surface area contributed by atoms with Crippen molar-refractivity contribution >= 4 is 17.0 Å². The van der Waals surface area contributed by atoms with Crippen LogP contribution in [0.4, 0.5) is 0 Å². The van der Waals surface area contributed by atoms with Gasteiger partial charge in [0.2, 0.25) is 5.91 Å². The Labute approximate surface area is 102 Å². The lowest BCUT2D eigenvalue weighted by molar-refractivity contribution is -0.132. The number of amides is 1. The van der Waals surface area contributed by atoms with Crippen molar-refractivity contribution in [3.05, 3.63) is 34.3 Å². The molecule has 1 aliphatic rings. The first-order chi connectivity index (χ1) is 8.53. The molecule has 2 aromatic rings. The van der Waals surface area contributed by atoms with Crippen molar-refractivity contribution in [2.45, 2.75) is 18.3 Å². The summed E-state index contributed by atoms with van der Waals surface area (Å²) in [5.74, 6) is 4.92. The molecule has 1 aliphatic carbocycles. The first kappa shape index (κ1) is 11.0. The van der Waals surface area contributed by atoms with E-state index >= 15 is 0 Å². The zero-order valence-corrected chi connectivity index (χ0v) is 9.90. The second kappa shape index (κ2) is 3.46. The van der Waals surface area contributed by atoms with Gasteiger partial charge in [0, 0.05) is 7.05 Å². The molecule has 1 aromatic heterocycles. The minimum absolute atomic E-state index is 0.111. The Bertz CT molecular complexity index is 679. The van der Waals surface area contributed by atoms with Crippen molar-refractivity contribution in [1.82, 2.24) is 9.99 Å². The lowest BCUT2D eigenvalue weighted by Crippen LogP contribution is -2.41. The average Bonchev–Trinajstić information content (AvgIpc) is 3.04. The molecule has 1 amide bonds. The highest BCUT2D eigenvalue weighted by Gasteiger charge is 2.52. The number of likely N-dealkylation sites (N-methyl/N-ethyl adjacent to an activating group) is 1. The molecule has 0 atom stereocenters. The first-order valence-electron chi connectivity index (χ1n) is 5.69. The third-order valence-corrected chi connectivity index (χ3v) is 3.45. The zero-order chi connectivity index (χ0) is 12.9. The van der Waals surface area contributed by atoms with Crippen LogP contribution in [0, 0.1) is 0 Å². The van der Waals surface area contributed by atoms with E-state index in [1.807, 2.05) is 6.07 Å². The van der Waals surface area contributed by atoms with Crippen LogP contribution in [0.25, 0.3) is 11.1 Å². The van der Waals surface area contributed by atoms with Gasteiger partial charge in [0.05, 0.1) is 10.9 Å². The lowest BCUT2D eigenvalue weighted by Gasteiger charge is -2.19. The van der Waals surface area contributed by atoms with Gasteiger partial charge < -0.3 is 4.42 Å². The maximum atomic E-state index is 12.1. The molecule has 1 heterocycles. The molecule has 6 heteroatoms. The third-order valence-electron chi connectivity index (χ3n) is 3.45. The van der Waals surface area contributed by atoms with Crippen molar-refractivity contribution in [3.63, 3.8) is 0 Å². The predicted octanol–water partition coefficient (Wildman–Crippen LogP) is 0.485. The molecule has 6 nitrogen and oxygen atoms in total. The van der Waals surface area contributed by atoms with Crippen LogP contribution in [0.1, 0.15) is 18.4 Å². The van der Waals surface area contributed by atoms with Gasteiger partial charge in [-0.05, 0) is 30.5 Å². The molecule has 0 aliphatic heterocycles. The van der Waals surface area contributed by atoms with Crippen LogP contribution in [-0.4, -0.2) is 22.9 Å². The first-order valence-corrected chi connectivity index (χ1v) is 5.69. The number of H-pyrrole nitrogens is 1. The van der Waals surface area contributed by atoms with E-state index in [4.69, 9.17) is 10.3 Å². The van der Waals surface area contributed by atoms with Crippen LogP contribution in [0.15, 0.2) is 27.4 Å². The number of nitrogens with two attached hydrogens (primary N) is 1. The molecule has 0 unspecified atom stereocenters. The summed E-state index contributed by atoms with van der Waals surface area (Å²) in [5.41, 5.74) is 1.41. The fourth-order valence-corrected chi connectivity index (χ4v) is 2.33. The van der Waals surface area contributed by atoms with Gasteiger partial charge in [-0.15, -0.1) is 0 Å². The smallest absolute Gasteiger partial charge is 0.408 e. The molecule has 0 bridgehead atoms. The number of aromatic nitrogens is 1. The number of benzene rings is 1. The molecule has 94 valence electrons. The normalized spacial score (nSPS) is 16.8. The number of nitrogens with zero attached hydrogens (tertiary/aromatic N) is 1. The van der Waals surface area contributed by atoms with Gasteiger partial charge in [0.1, 0.15) is 0 Å². The third kappa shape index (κ3) is 1.46. The van der Waals surface area contributed by atoms with E-state index < -0.39 is 11.2 Å². The molecular weight excluding hydrogens is 234 g/mol. The molecule has 18 heavy (non-hydrogen) atoms. The van der Waals surface area contributed by atoms with E-state index in [0.717, 1.165) is 23.4 Å². The molecule has 1 saturated carbocycles. The maximum absolute atomic E-state index is 12.1. The summed E-state index contributed by atoms with van der Waals surface area (Å²) in [6, 6.07) is 5.32. The Morgan fingerprint density at radius 1 is 1.50 bits per heavy atom. The Kier molecular flexibility index (Phi) is 2.12. The van der Waals surface area contributed by atoms with Crippen molar-refractivity contribution in [1.29, 1.82) is 0 Å². The van der Waals surface area contributed by atoms with Gasteiger partial charge in [0.15, 0.2) is 5.58 Å². The van der Waals surface area contributed by atoms with Crippen molar-refractivity contribution in [3.8, 4) is 0 Å². The van der Waals surface area contributed by atoms with Crippen molar-refractivity contribution in [2.24, 2.45) is 5.84 Å². The quantitative estimate of drug-likeness (QED) is 0.459. The van der Waals surface area contributed by atoms with Crippen LogP contribution >= 0.6 is 0 Å². The Balaban J connectivity index is 2.09. The number of aromatic amines is 1. The van der Waals surface area contributed by atoms with E-state index in [2.05, 4.69) is 4.98 Å². The number of nitrogens with one attached hydrogen (secondary N) is 1. The van der Waals surface area contributed by atoms with Gasteiger partial charge in [0.25, 0.3) is 0 Å². The number of oxazole rings is 1. The second-order valence-corrected chi connectivity index (χ2v) is 4.72. The highest BCUT2D eigenvalue weighted by atomic mass is 16.4. The SMILES string of the molecule is CN(N)C(=O)C1(c2ccc3[nH]c(=O)oc3c2)CC1. The molecule has 1 aromatic carbocycles. The number of carbonyl (C=O) groups excluding carboxylic acids is 1. The fourth-order valence-electron chi connectivity index (χ4n) is 2.33. The number of hydrazine groups is 1. The summed E-state index contributed by atoms with van der Waals surface area (Å²) in [4.78, 5) is 25.7. The number of carbonyl (C=O) groups is 1. The summed E-state index contributed by atoms with van der Waals surface area (Å²) >= 11 is 0. The Morgan fingerprint density at radius 2 is 2.22 bits per heavy atom. The van der Waals surface area contributed by atoms with Crippen LogP contribution in [0.3, 0.4) is 0 Å². The molecule has 0 radical (unpaired) electrons. The second-order valence-electron chi connectivity index (χ2n) is 4.72. The summed E-state index contributed by atoms with van der Waals surface area (Å²) in [6.07, 6.45) is 1.54. The number of fused-ring (bicyclic) bond motifs is 1. The summed E-state index contributed by atoms with van der Waals surface area (Å²) < 4.78 is 5.00. The van der Waals surface area contributed by atoms with E-state index in [-0.39, 0.29) is 5.91 Å². The van der Waals surface area contributed by atoms with Crippen molar-refractivity contribution < 1.29 is 9.21 Å². The highest BCUT2D eigenvalue weighted by Crippen LogP contribution is 2.49. The predicted molar refractivity (Wildman–Crippen MR) is 64.7 cm³/mol. The molecule has 1 fully saturated rings. The van der Waals surface area contributed by atoms with Gasteiger partial charge in [-0.2, -0.15) is 0 Å². The molecule has 3 N–H and O–H groups in total.